The van der Waals surface area contributed by atoms with Crippen LogP contribution in [0.15, 0.2) is 35.6 Å². The van der Waals surface area contributed by atoms with Crippen LogP contribution in [0.4, 0.5) is 0 Å². The molecule has 0 radical (unpaired) electrons. The number of thioether (sulfide) groups is 1. The summed E-state index contributed by atoms with van der Waals surface area (Å²) in [5.41, 5.74) is 1.03. The molecule has 1 N–H and O–H groups in total. The van der Waals surface area contributed by atoms with Gasteiger partial charge in [0.1, 0.15) is 11.4 Å². The summed E-state index contributed by atoms with van der Waals surface area (Å²) in [6, 6.07) is 9.01. The molecule has 3 rings (SSSR count). The van der Waals surface area contributed by atoms with Crippen molar-refractivity contribution in [1.29, 1.82) is 0 Å². The van der Waals surface area contributed by atoms with E-state index in [0.717, 1.165) is 28.9 Å². The maximum Gasteiger partial charge on any atom is 0.117 e. The molecule has 1 saturated carbocycles. The second-order valence-electron chi connectivity index (χ2n) is 4.63. The number of benzene rings is 1. The molecule has 0 unspecified atom stereocenters. The number of rotatable bonds is 6. The first-order valence-corrected chi connectivity index (χ1v) is 7.48. The third-order valence-corrected chi connectivity index (χ3v) is 4.17. The van der Waals surface area contributed by atoms with E-state index in [1.165, 1.54) is 24.6 Å². The number of para-hydroxylation sites is 1. The molecule has 4 heteroatoms. The van der Waals surface area contributed by atoms with Crippen LogP contribution in [-0.4, -0.2) is 28.3 Å². The first-order valence-electron chi connectivity index (χ1n) is 6.49. The van der Waals surface area contributed by atoms with Crippen LogP contribution in [0.1, 0.15) is 19.3 Å². The third kappa shape index (κ3) is 3.00. The molecule has 1 fully saturated rings. The summed E-state index contributed by atoms with van der Waals surface area (Å²) in [6.07, 6.45) is 5.58. The molecule has 0 atom stereocenters. The van der Waals surface area contributed by atoms with Crippen molar-refractivity contribution < 1.29 is 0 Å². The molecule has 3 nitrogen and oxygen atoms in total. The lowest BCUT2D eigenvalue weighted by atomic mass is 10.2. The van der Waals surface area contributed by atoms with Gasteiger partial charge in [-0.2, -0.15) is 0 Å². The van der Waals surface area contributed by atoms with Gasteiger partial charge in [0.15, 0.2) is 0 Å². The van der Waals surface area contributed by atoms with Gasteiger partial charge in [-0.1, -0.05) is 18.2 Å². The van der Waals surface area contributed by atoms with Gasteiger partial charge in [-0.15, -0.1) is 11.8 Å². The lowest BCUT2D eigenvalue weighted by Crippen LogP contribution is -2.17. The highest BCUT2D eigenvalue weighted by atomic mass is 32.2. The molecular weight excluding hydrogens is 242 g/mol. The van der Waals surface area contributed by atoms with E-state index in [0.29, 0.717) is 0 Å². The monoisotopic (exact) mass is 259 g/mol. The Morgan fingerprint density at radius 2 is 2.11 bits per heavy atom. The van der Waals surface area contributed by atoms with Crippen molar-refractivity contribution in [2.24, 2.45) is 0 Å². The van der Waals surface area contributed by atoms with Crippen LogP contribution in [0.5, 0.6) is 0 Å². The summed E-state index contributed by atoms with van der Waals surface area (Å²) in [7, 11) is 0. The normalized spacial score (nSPS) is 15.1. The van der Waals surface area contributed by atoms with Crippen molar-refractivity contribution in [2.45, 2.75) is 30.3 Å². The molecule has 1 heterocycles. The number of aromatic nitrogens is 2. The zero-order chi connectivity index (χ0) is 12.2. The van der Waals surface area contributed by atoms with Crippen LogP contribution in [0.25, 0.3) is 10.9 Å². The topological polar surface area (TPSA) is 37.8 Å². The van der Waals surface area contributed by atoms with Gasteiger partial charge in [-0.3, -0.25) is 0 Å². The molecule has 0 aliphatic heterocycles. The van der Waals surface area contributed by atoms with Crippen LogP contribution >= 0.6 is 11.8 Å². The van der Waals surface area contributed by atoms with Gasteiger partial charge in [0.25, 0.3) is 0 Å². The fraction of sp³-hybridized carbons (Fsp3) is 0.429. The summed E-state index contributed by atoms with van der Waals surface area (Å²) in [5, 5.41) is 5.80. The molecule has 0 spiro atoms. The largest absolute Gasteiger partial charge is 0.314 e. The van der Waals surface area contributed by atoms with Crippen LogP contribution in [0, 0.1) is 0 Å². The predicted octanol–water partition coefficient (Wildman–Crippen LogP) is 2.86. The average Bonchev–Trinajstić information content (AvgIpc) is 3.23. The van der Waals surface area contributed by atoms with E-state index in [9.17, 15) is 0 Å². The Kier molecular flexibility index (Phi) is 3.76. The molecule has 2 aromatic rings. The molecule has 1 aliphatic rings. The molecule has 1 aliphatic carbocycles. The summed E-state index contributed by atoms with van der Waals surface area (Å²) in [5.74, 6) is 1.11. The van der Waals surface area contributed by atoms with Crippen molar-refractivity contribution >= 4 is 22.7 Å². The molecule has 1 aromatic carbocycles. The standard InChI is InChI=1S/C14H17N3S/c1-2-5-13-12(4-1)14(17-10-16-13)18-9-3-8-15-11-6-7-11/h1-2,4-5,10-11,15H,3,6-9H2. The van der Waals surface area contributed by atoms with Crippen LogP contribution in [0.3, 0.4) is 0 Å². The molecule has 0 amide bonds. The number of fused-ring (bicyclic) bond motifs is 1. The Hall–Kier alpha value is -1.13. The minimum Gasteiger partial charge on any atom is -0.314 e. The molecule has 1 aromatic heterocycles. The highest BCUT2D eigenvalue weighted by molar-refractivity contribution is 7.99. The summed E-state index contributed by atoms with van der Waals surface area (Å²) >= 11 is 1.83. The Balaban J connectivity index is 1.56. The van der Waals surface area contributed by atoms with Gasteiger partial charge in [0.05, 0.1) is 5.52 Å². The van der Waals surface area contributed by atoms with E-state index in [1.807, 2.05) is 30.0 Å². The Labute approximate surface area is 111 Å². The van der Waals surface area contributed by atoms with Crippen LogP contribution in [0.2, 0.25) is 0 Å². The van der Waals surface area contributed by atoms with E-state index in [2.05, 4.69) is 21.4 Å². The lowest BCUT2D eigenvalue weighted by Gasteiger charge is -2.05. The highest BCUT2D eigenvalue weighted by Crippen LogP contribution is 2.24. The number of nitrogens with one attached hydrogen (secondary N) is 1. The quantitative estimate of drug-likeness (QED) is 0.492. The number of hydrogen-bond acceptors (Lipinski definition) is 4. The molecule has 0 saturated heterocycles. The average molecular weight is 259 g/mol. The fourth-order valence-corrected chi connectivity index (χ4v) is 2.86. The smallest absolute Gasteiger partial charge is 0.117 e. The zero-order valence-electron chi connectivity index (χ0n) is 10.3. The third-order valence-electron chi connectivity index (χ3n) is 3.08. The Bertz CT molecular complexity index is 520. The molecule has 94 valence electrons. The van der Waals surface area contributed by atoms with Crippen molar-refractivity contribution in [3.05, 3.63) is 30.6 Å². The van der Waals surface area contributed by atoms with Gasteiger partial charge < -0.3 is 5.32 Å². The second-order valence-corrected chi connectivity index (χ2v) is 5.71. The lowest BCUT2D eigenvalue weighted by molar-refractivity contribution is 0.674. The van der Waals surface area contributed by atoms with Crippen molar-refractivity contribution in [3.8, 4) is 0 Å². The summed E-state index contributed by atoms with van der Waals surface area (Å²) in [6.45, 7) is 1.13. The van der Waals surface area contributed by atoms with E-state index < -0.39 is 0 Å². The SMILES string of the molecule is c1ccc2c(SCCCNC3CC3)ncnc2c1. The number of hydrogen-bond donors (Lipinski definition) is 1. The van der Waals surface area contributed by atoms with Crippen molar-refractivity contribution in [1.82, 2.24) is 15.3 Å². The fourth-order valence-electron chi connectivity index (χ4n) is 1.93. The van der Waals surface area contributed by atoms with Gasteiger partial charge in [0, 0.05) is 17.2 Å². The van der Waals surface area contributed by atoms with Crippen LogP contribution in [-0.2, 0) is 0 Å². The Morgan fingerprint density at radius 1 is 1.22 bits per heavy atom. The maximum absolute atomic E-state index is 4.38. The van der Waals surface area contributed by atoms with E-state index >= 15 is 0 Å². The van der Waals surface area contributed by atoms with Gasteiger partial charge >= 0.3 is 0 Å². The van der Waals surface area contributed by atoms with Crippen molar-refractivity contribution in [3.63, 3.8) is 0 Å². The van der Waals surface area contributed by atoms with E-state index in [-0.39, 0.29) is 0 Å². The van der Waals surface area contributed by atoms with Crippen molar-refractivity contribution in [2.75, 3.05) is 12.3 Å². The molecule has 0 bridgehead atoms. The number of nitrogens with zero attached hydrogens (tertiary/aromatic N) is 2. The maximum atomic E-state index is 4.38. The second kappa shape index (κ2) is 5.67. The van der Waals surface area contributed by atoms with Gasteiger partial charge in [-0.25, -0.2) is 9.97 Å². The zero-order valence-corrected chi connectivity index (χ0v) is 11.1. The van der Waals surface area contributed by atoms with Gasteiger partial charge in [-0.05, 0) is 31.9 Å². The Morgan fingerprint density at radius 3 is 3.00 bits per heavy atom. The van der Waals surface area contributed by atoms with E-state index in [4.69, 9.17) is 0 Å². The highest BCUT2D eigenvalue weighted by Gasteiger charge is 2.19. The first-order chi connectivity index (χ1) is 8.93. The molecule has 18 heavy (non-hydrogen) atoms. The van der Waals surface area contributed by atoms with Crippen LogP contribution < -0.4 is 5.32 Å². The molecular formula is C14H17N3S. The predicted molar refractivity (Wildman–Crippen MR) is 75.9 cm³/mol. The van der Waals surface area contributed by atoms with Gasteiger partial charge in [0.2, 0.25) is 0 Å². The minimum atomic E-state index is 0.815. The van der Waals surface area contributed by atoms with E-state index in [1.54, 1.807) is 6.33 Å². The summed E-state index contributed by atoms with van der Waals surface area (Å²) < 4.78 is 0. The summed E-state index contributed by atoms with van der Waals surface area (Å²) in [4.78, 5) is 8.66. The minimum absolute atomic E-state index is 0.815. The first kappa shape index (κ1) is 11.9.